The first-order chi connectivity index (χ1) is 9.74. The lowest BCUT2D eigenvalue weighted by molar-refractivity contribution is 0.0820. The van der Waals surface area contributed by atoms with Gasteiger partial charge in [-0.05, 0) is 48.9 Å². The Morgan fingerprint density at radius 3 is 2.75 bits per heavy atom. The number of benzene rings is 1. The molecule has 2 N–H and O–H groups in total. The van der Waals surface area contributed by atoms with Crippen LogP contribution in [0, 0.1) is 11.8 Å². The van der Waals surface area contributed by atoms with Crippen LogP contribution in [0.3, 0.4) is 0 Å². The van der Waals surface area contributed by atoms with Crippen LogP contribution in [0.5, 0.6) is 5.75 Å². The molecule has 2 fully saturated rings. The first-order valence-corrected chi connectivity index (χ1v) is 7.90. The van der Waals surface area contributed by atoms with Gasteiger partial charge in [0, 0.05) is 24.8 Å². The Bertz CT molecular complexity index is 460. The SMILES string of the molecule is COc1cc(N)cc(CN2CCC3CCCCC3C2)c1. The number of nitrogen functional groups attached to an aromatic ring is 1. The molecule has 1 aliphatic heterocycles. The van der Waals surface area contributed by atoms with E-state index in [2.05, 4.69) is 17.0 Å². The third-order valence-electron chi connectivity index (χ3n) is 5.01. The summed E-state index contributed by atoms with van der Waals surface area (Å²) < 4.78 is 5.31. The van der Waals surface area contributed by atoms with Gasteiger partial charge in [0.15, 0.2) is 0 Å². The van der Waals surface area contributed by atoms with E-state index in [-0.39, 0.29) is 0 Å². The second-order valence-electron chi connectivity index (χ2n) is 6.44. The van der Waals surface area contributed by atoms with E-state index in [0.717, 1.165) is 29.8 Å². The van der Waals surface area contributed by atoms with Crippen molar-refractivity contribution in [3.63, 3.8) is 0 Å². The van der Waals surface area contributed by atoms with Gasteiger partial charge in [0.2, 0.25) is 0 Å². The van der Waals surface area contributed by atoms with Crippen LogP contribution in [0.15, 0.2) is 18.2 Å². The Morgan fingerprint density at radius 1 is 1.15 bits per heavy atom. The molecular weight excluding hydrogens is 248 g/mol. The zero-order valence-corrected chi connectivity index (χ0v) is 12.5. The van der Waals surface area contributed by atoms with Crippen LogP contribution in [-0.2, 0) is 6.54 Å². The van der Waals surface area contributed by atoms with Crippen LogP contribution in [0.4, 0.5) is 5.69 Å². The molecule has 3 rings (SSSR count). The maximum Gasteiger partial charge on any atom is 0.121 e. The molecule has 1 saturated carbocycles. The average Bonchev–Trinajstić information content (AvgIpc) is 2.46. The van der Waals surface area contributed by atoms with E-state index in [0.29, 0.717) is 0 Å². The third kappa shape index (κ3) is 3.09. The lowest BCUT2D eigenvalue weighted by atomic mass is 9.75. The van der Waals surface area contributed by atoms with Crippen LogP contribution >= 0.6 is 0 Å². The van der Waals surface area contributed by atoms with E-state index in [1.54, 1.807) is 7.11 Å². The number of likely N-dealkylation sites (tertiary alicyclic amines) is 1. The number of rotatable bonds is 3. The second-order valence-corrected chi connectivity index (χ2v) is 6.44. The molecule has 0 radical (unpaired) electrons. The molecule has 0 bridgehead atoms. The molecule has 3 heteroatoms. The molecule has 0 amide bonds. The van der Waals surface area contributed by atoms with Gasteiger partial charge in [-0.3, -0.25) is 4.90 Å². The highest BCUT2D eigenvalue weighted by Gasteiger charge is 2.30. The van der Waals surface area contributed by atoms with Gasteiger partial charge in [-0.25, -0.2) is 0 Å². The van der Waals surface area contributed by atoms with Crippen molar-refractivity contribution in [2.24, 2.45) is 11.8 Å². The van der Waals surface area contributed by atoms with Gasteiger partial charge in [-0.15, -0.1) is 0 Å². The maximum atomic E-state index is 5.95. The third-order valence-corrected chi connectivity index (χ3v) is 5.01. The van der Waals surface area contributed by atoms with E-state index in [1.807, 2.05) is 6.07 Å². The highest BCUT2D eigenvalue weighted by molar-refractivity contribution is 5.47. The van der Waals surface area contributed by atoms with Crippen molar-refractivity contribution in [2.45, 2.75) is 38.6 Å². The van der Waals surface area contributed by atoms with Crippen LogP contribution < -0.4 is 10.5 Å². The van der Waals surface area contributed by atoms with Gasteiger partial charge >= 0.3 is 0 Å². The average molecular weight is 274 g/mol. The first-order valence-electron chi connectivity index (χ1n) is 7.90. The molecule has 2 aliphatic rings. The Balaban J connectivity index is 1.64. The number of fused-ring (bicyclic) bond motifs is 1. The van der Waals surface area contributed by atoms with E-state index >= 15 is 0 Å². The Hall–Kier alpha value is -1.22. The molecule has 0 spiro atoms. The lowest BCUT2D eigenvalue weighted by Crippen LogP contribution is -2.41. The summed E-state index contributed by atoms with van der Waals surface area (Å²) in [7, 11) is 1.70. The number of hydrogen-bond donors (Lipinski definition) is 1. The Kier molecular flexibility index (Phi) is 4.16. The van der Waals surface area contributed by atoms with Gasteiger partial charge in [0.05, 0.1) is 7.11 Å². The highest BCUT2D eigenvalue weighted by Crippen LogP contribution is 2.36. The quantitative estimate of drug-likeness (QED) is 0.860. The molecule has 2 atom stereocenters. The van der Waals surface area contributed by atoms with Gasteiger partial charge in [-0.2, -0.15) is 0 Å². The van der Waals surface area contributed by atoms with Gasteiger partial charge < -0.3 is 10.5 Å². The van der Waals surface area contributed by atoms with Gasteiger partial charge in [0.25, 0.3) is 0 Å². The summed E-state index contributed by atoms with van der Waals surface area (Å²) in [5.41, 5.74) is 8.02. The zero-order valence-electron chi connectivity index (χ0n) is 12.5. The number of methoxy groups -OCH3 is 1. The van der Waals surface area contributed by atoms with Crippen molar-refractivity contribution in [1.29, 1.82) is 0 Å². The van der Waals surface area contributed by atoms with Crippen molar-refractivity contribution < 1.29 is 4.74 Å². The normalized spacial score (nSPS) is 27.1. The predicted octanol–water partition coefficient (Wildman–Crippen LogP) is 3.29. The number of piperidine rings is 1. The van der Waals surface area contributed by atoms with E-state index in [4.69, 9.17) is 10.5 Å². The lowest BCUT2D eigenvalue weighted by Gasteiger charge is -2.41. The first kappa shape index (κ1) is 13.7. The summed E-state index contributed by atoms with van der Waals surface area (Å²) in [5.74, 6) is 2.79. The van der Waals surface area contributed by atoms with Crippen LogP contribution in [-0.4, -0.2) is 25.1 Å². The summed E-state index contributed by atoms with van der Waals surface area (Å²) >= 11 is 0. The van der Waals surface area contributed by atoms with Gasteiger partial charge in [0.1, 0.15) is 5.75 Å². The van der Waals surface area contributed by atoms with E-state index in [1.165, 1.54) is 50.8 Å². The molecule has 1 heterocycles. The molecular formula is C17H26N2O. The van der Waals surface area contributed by atoms with Crippen LogP contribution in [0.25, 0.3) is 0 Å². The highest BCUT2D eigenvalue weighted by atomic mass is 16.5. The monoisotopic (exact) mass is 274 g/mol. The number of nitrogens with zero attached hydrogens (tertiary/aromatic N) is 1. The van der Waals surface area contributed by atoms with Crippen LogP contribution in [0.2, 0.25) is 0 Å². The van der Waals surface area contributed by atoms with E-state index in [9.17, 15) is 0 Å². The summed E-state index contributed by atoms with van der Waals surface area (Å²) in [5, 5.41) is 0. The molecule has 20 heavy (non-hydrogen) atoms. The van der Waals surface area contributed by atoms with Gasteiger partial charge in [-0.1, -0.05) is 19.3 Å². The largest absolute Gasteiger partial charge is 0.497 e. The summed E-state index contributed by atoms with van der Waals surface area (Å²) in [6.45, 7) is 3.50. The molecule has 2 unspecified atom stereocenters. The minimum Gasteiger partial charge on any atom is -0.497 e. The maximum absolute atomic E-state index is 5.95. The molecule has 1 saturated heterocycles. The minimum absolute atomic E-state index is 0.798. The van der Waals surface area contributed by atoms with Crippen molar-refractivity contribution in [3.05, 3.63) is 23.8 Å². The predicted molar refractivity (Wildman–Crippen MR) is 82.7 cm³/mol. The summed E-state index contributed by atoms with van der Waals surface area (Å²) in [4.78, 5) is 2.60. The Labute approximate surface area is 122 Å². The van der Waals surface area contributed by atoms with Crippen molar-refractivity contribution in [3.8, 4) is 5.75 Å². The Morgan fingerprint density at radius 2 is 1.95 bits per heavy atom. The molecule has 1 aliphatic carbocycles. The number of hydrogen-bond acceptors (Lipinski definition) is 3. The minimum atomic E-state index is 0.798. The smallest absolute Gasteiger partial charge is 0.121 e. The number of anilines is 1. The van der Waals surface area contributed by atoms with Crippen molar-refractivity contribution in [2.75, 3.05) is 25.9 Å². The van der Waals surface area contributed by atoms with Crippen molar-refractivity contribution >= 4 is 5.69 Å². The number of nitrogens with two attached hydrogens (primary N) is 1. The molecule has 110 valence electrons. The topological polar surface area (TPSA) is 38.5 Å². The van der Waals surface area contributed by atoms with Crippen molar-refractivity contribution in [1.82, 2.24) is 4.90 Å². The fraction of sp³-hybridized carbons (Fsp3) is 0.647. The second kappa shape index (κ2) is 6.04. The fourth-order valence-electron chi connectivity index (χ4n) is 3.97. The molecule has 1 aromatic rings. The van der Waals surface area contributed by atoms with Crippen LogP contribution in [0.1, 0.15) is 37.7 Å². The fourth-order valence-corrected chi connectivity index (χ4v) is 3.97. The molecule has 3 nitrogen and oxygen atoms in total. The molecule has 1 aromatic carbocycles. The molecule has 0 aromatic heterocycles. The summed E-state index contributed by atoms with van der Waals surface area (Å²) in [6.07, 6.45) is 7.16. The standard InChI is InChI=1S/C17H26N2O/c1-20-17-9-13(8-16(18)10-17)11-19-7-6-14-4-2-3-5-15(14)12-19/h8-10,14-15H,2-7,11-12,18H2,1H3. The zero-order chi connectivity index (χ0) is 13.9. The number of ether oxygens (including phenoxy) is 1. The van der Waals surface area contributed by atoms with E-state index < -0.39 is 0 Å². The summed E-state index contributed by atoms with van der Waals surface area (Å²) in [6, 6.07) is 6.08.